The second-order valence-electron chi connectivity index (χ2n) is 1.98. The summed E-state index contributed by atoms with van der Waals surface area (Å²) < 4.78 is 24.7. The molecule has 12 heavy (non-hydrogen) atoms. The molecular weight excluding hydrogens is 230 g/mol. The summed E-state index contributed by atoms with van der Waals surface area (Å²) in [6.07, 6.45) is -2.65. The van der Waals surface area contributed by atoms with Crippen LogP contribution in [0.2, 0.25) is 0 Å². The quantitative estimate of drug-likeness (QED) is 0.699. The maximum absolute atomic E-state index is 12.1. The van der Waals surface area contributed by atoms with Crippen LogP contribution in [0, 0.1) is 11.3 Å². The van der Waals surface area contributed by atoms with Gasteiger partial charge in [-0.25, -0.2) is 13.8 Å². The largest absolute Gasteiger partial charge is 0.266 e. The molecule has 0 atom stereocenters. The number of alkyl halides is 2. The predicted octanol–water partition coefficient (Wildman–Crippen LogP) is 2.65. The minimum Gasteiger partial charge on any atom is -0.230 e. The Kier molecular flexibility index (Phi) is 2.71. The smallest absolute Gasteiger partial charge is 0.230 e. The second kappa shape index (κ2) is 3.59. The molecular formula is C7H3BrF2N2. The van der Waals surface area contributed by atoms with Crippen molar-refractivity contribution < 1.29 is 8.78 Å². The Labute approximate surface area is 76.0 Å². The molecule has 1 heterocycles. The molecule has 0 spiro atoms. The third-order valence-corrected chi connectivity index (χ3v) is 1.68. The van der Waals surface area contributed by atoms with E-state index in [1.54, 1.807) is 6.07 Å². The molecule has 0 saturated carbocycles. The number of nitriles is 1. The molecule has 0 fully saturated rings. The van der Waals surface area contributed by atoms with Crippen molar-refractivity contribution >= 4 is 15.9 Å². The van der Waals surface area contributed by atoms with Crippen molar-refractivity contribution in [3.05, 3.63) is 28.0 Å². The number of pyridine rings is 1. The molecule has 0 aromatic carbocycles. The van der Waals surface area contributed by atoms with Crippen LogP contribution in [-0.4, -0.2) is 4.98 Å². The Hall–Kier alpha value is -1.02. The highest BCUT2D eigenvalue weighted by atomic mass is 79.9. The van der Waals surface area contributed by atoms with Crippen LogP contribution in [0.3, 0.4) is 0 Å². The Morgan fingerprint density at radius 3 is 2.67 bits per heavy atom. The highest BCUT2D eigenvalue weighted by Gasteiger charge is 2.13. The van der Waals surface area contributed by atoms with Crippen LogP contribution in [0.1, 0.15) is 17.7 Å². The van der Waals surface area contributed by atoms with Crippen LogP contribution >= 0.6 is 15.9 Å². The summed E-state index contributed by atoms with van der Waals surface area (Å²) in [4.78, 5) is 3.59. The van der Waals surface area contributed by atoms with Crippen LogP contribution in [-0.2, 0) is 0 Å². The van der Waals surface area contributed by atoms with Crippen LogP contribution in [0.4, 0.5) is 8.78 Å². The van der Waals surface area contributed by atoms with Gasteiger partial charge in [0.1, 0.15) is 10.7 Å². The number of halogens is 3. The first-order chi connectivity index (χ1) is 5.65. The minimum atomic E-state index is -2.65. The van der Waals surface area contributed by atoms with Gasteiger partial charge in [-0.2, -0.15) is 5.26 Å². The zero-order valence-corrected chi connectivity index (χ0v) is 7.35. The maximum atomic E-state index is 12.1. The van der Waals surface area contributed by atoms with Gasteiger partial charge in [0.25, 0.3) is 6.43 Å². The van der Waals surface area contributed by atoms with Gasteiger partial charge in [-0.05, 0) is 28.1 Å². The molecule has 0 bridgehead atoms. The van der Waals surface area contributed by atoms with E-state index in [9.17, 15) is 8.78 Å². The molecule has 62 valence electrons. The molecule has 2 nitrogen and oxygen atoms in total. The summed E-state index contributed by atoms with van der Waals surface area (Å²) in [7, 11) is 0. The first-order valence-corrected chi connectivity index (χ1v) is 3.79. The molecule has 0 N–H and O–H groups in total. The summed E-state index contributed by atoms with van der Waals surface area (Å²) in [5, 5.41) is 8.43. The summed E-state index contributed by atoms with van der Waals surface area (Å²) >= 11 is 2.98. The highest BCUT2D eigenvalue weighted by molar-refractivity contribution is 9.10. The Bertz CT molecular complexity index is 333. The zero-order chi connectivity index (χ0) is 9.14. The van der Waals surface area contributed by atoms with E-state index in [-0.39, 0.29) is 11.3 Å². The fourth-order valence-electron chi connectivity index (χ4n) is 0.712. The Balaban J connectivity index is 3.23. The number of hydrogen-bond acceptors (Lipinski definition) is 2. The second-order valence-corrected chi connectivity index (χ2v) is 2.80. The molecule has 0 amide bonds. The number of rotatable bonds is 1. The molecule has 0 aliphatic heterocycles. The molecule has 1 rings (SSSR count). The molecule has 0 saturated heterocycles. The lowest BCUT2D eigenvalue weighted by molar-refractivity contribution is 0.150. The van der Waals surface area contributed by atoms with E-state index in [0.717, 1.165) is 0 Å². The van der Waals surface area contributed by atoms with Crippen molar-refractivity contribution in [2.24, 2.45) is 0 Å². The Morgan fingerprint density at radius 1 is 1.50 bits per heavy atom. The average molecular weight is 233 g/mol. The van der Waals surface area contributed by atoms with E-state index >= 15 is 0 Å². The fraction of sp³-hybridized carbons (Fsp3) is 0.143. The zero-order valence-electron chi connectivity index (χ0n) is 5.76. The van der Waals surface area contributed by atoms with Crippen molar-refractivity contribution in [2.45, 2.75) is 6.43 Å². The van der Waals surface area contributed by atoms with Crippen molar-refractivity contribution in [3.8, 4) is 6.07 Å². The first kappa shape index (κ1) is 9.07. The number of aromatic nitrogens is 1. The van der Waals surface area contributed by atoms with E-state index in [0.29, 0.717) is 4.60 Å². The van der Waals surface area contributed by atoms with Gasteiger partial charge < -0.3 is 0 Å². The third kappa shape index (κ3) is 1.77. The Morgan fingerprint density at radius 2 is 2.17 bits per heavy atom. The van der Waals surface area contributed by atoms with Gasteiger partial charge in [0.15, 0.2) is 5.69 Å². The fourth-order valence-corrected chi connectivity index (χ4v) is 1.02. The molecule has 1 aromatic heterocycles. The van der Waals surface area contributed by atoms with Crippen molar-refractivity contribution in [1.29, 1.82) is 5.26 Å². The van der Waals surface area contributed by atoms with Crippen LogP contribution in [0.25, 0.3) is 0 Å². The van der Waals surface area contributed by atoms with Gasteiger partial charge in [-0.15, -0.1) is 0 Å². The van der Waals surface area contributed by atoms with Crippen molar-refractivity contribution in [3.63, 3.8) is 0 Å². The topological polar surface area (TPSA) is 36.7 Å². The monoisotopic (exact) mass is 232 g/mol. The predicted molar refractivity (Wildman–Crippen MR) is 41.6 cm³/mol. The molecule has 5 heteroatoms. The van der Waals surface area contributed by atoms with E-state index in [4.69, 9.17) is 5.26 Å². The molecule has 0 aliphatic carbocycles. The highest BCUT2D eigenvalue weighted by Crippen LogP contribution is 2.22. The molecule has 0 unspecified atom stereocenters. The minimum absolute atomic E-state index is 0.237. The molecule has 0 radical (unpaired) electrons. The first-order valence-electron chi connectivity index (χ1n) is 3.00. The van der Waals surface area contributed by atoms with Gasteiger partial charge in [0, 0.05) is 0 Å². The van der Waals surface area contributed by atoms with Crippen LogP contribution in [0.15, 0.2) is 16.7 Å². The third-order valence-electron chi connectivity index (χ3n) is 1.23. The van der Waals surface area contributed by atoms with Gasteiger partial charge >= 0.3 is 0 Å². The SMILES string of the molecule is N#Cc1nc(Br)ccc1C(F)F. The summed E-state index contributed by atoms with van der Waals surface area (Å²) in [6, 6.07) is 4.15. The average Bonchev–Trinajstić information content (AvgIpc) is 2.03. The van der Waals surface area contributed by atoms with Crippen molar-refractivity contribution in [2.75, 3.05) is 0 Å². The van der Waals surface area contributed by atoms with E-state index in [2.05, 4.69) is 20.9 Å². The lowest BCUT2D eigenvalue weighted by Gasteiger charge is -2.00. The summed E-state index contributed by atoms with van der Waals surface area (Å²) in [6.45, 7) is 0. The van der Waals surface area contributed by atoms with Crippen LogP contribution in [0.5, 0.6) is 0 Å². The lowest BCUT2D eigenvalue weighted by atomic mass is 10.2. The lowest BCUT2D eigenvalue weighted by Crippen LogP contribution is -1.93. The summed E-state index contributed by atoms with van der Waals surface area (Å²) in [5.41, 5.74) is -0.569. The van der Waals surface area contributed by atoms with Gasteiger partial charge in [-0.3, -0.25) is 0 Å². The van der Waals surface area contributed by atoms with Gasteiger partial charge in [0.2, 0.25) is 0 Å². The maximum Gasteiger partial charge on any atom is 0.266 e. The molecule has 1 aromatic rings. The van der Waals surface area contributed by atoms with E-state index in [1.807, 2.05) is 0 Å². The van der Waals surface area contributed by atoms with E-state index < -0.39 is 6.43 Å². The normalized spacial score (nSPS) is 9.92. The van der Waals surface area contributed by atoms with Crippen molar-refractivity contribution in [1.82, 2.24) is 4.98 Å². The molecule has 0 aliphatic rings. The van der Waals surface area contributed by atoms with Gasteiger partial charge in [-0.1, -0.05) is 0 Å². The van der Waals surface area contributed by atoms with E-state index in [1.165, 1.54) is 12.1 Å². The standard InChI is InChI=1S/C7H3BrF2N2/c8-6-2-1-4(7(9)10)5(3-11)12-6/h1-2,7H. The van der Waals surface area contributed by atoms with Gasteiger partial charge in [0.05, 0.1) is 5.56 Å². The number of nitrogens with zero attached hydrogens (tertiary/aromatic N) is 2. The summed E-state index contributed by atoms with van der Waals surface area (Å²) in [5.74, 6) is 0. The number of hydrogen-bond donors (Lipinski definition) is 0. The van der Waals surface area contributed by atoms with Crippen LogP contribution < -0.4 is 0 Å².